The predicted molar refractivity (Wildman–Crippen MR) is 337 cm³/mol. The van der Waals surface area contributed by atoms with Crippen molar-refractivity contribution in [2.24, 2.45) is 0 Å². The van der Waals surface area contributed by atoms with E-state index in [0.717, 1.165) is 111 Å². The molecule has 2 aromatic heterocycles. The first-order valence-corrected chi connectivity index (χ1v) is 29.1. The highest BCUT2D eigenvalue weighted by Gasteiger charge is 2.23. The molecule has 4 N–H and O–H groups in total. The van der Waals surface area contributed by atoms with Gasteiger partial charge in [0, 0.05) is 63.8 Å². The van der Waals surface area contributed by atoms with Gasteiger partial charge in [0.15, 0.2) is 0 Å². The van der Waals surface area contributed by atoms with Crippen LogP contribution in [0.1, 0.15) is 40.0 Å². The smallest absolute Gasteiger partial charge is 0.119 e. The molecule has 12 rings (SSSR count). The van der Waals surface area contributed by atoms with Crippen molar-refractivity contribution in [1.82, 2.24) is 19.8 Å². The van der Waals surface area contributed by atoms with Gasteiger partial charge >= 0.3 is 0 Å². The molecule has 2 aliphatic heterocycles. The van der Waals surface area contributed by atoms with Crippen molar-refractivity contribution in [1.29, 1.82) is 0 Å². The number of rotatable bonds is 13. The van der Waals surface area contributed by atoms with Gasteiger partial charge in [-0.3, -0.25) is 0 Å². The van der Waals surface area contributed by atoms with Crippen LogP contribution in [-0.2, 0) is 0 Å². The second kappa shape index (κ2) is 26.8. The molecule has 1 atom stereocenters. The number of pyridine rings is 2. The summed E-state index contributed by atoms with van der Waals surface area (Å²) < 4.78 is 5.45. The third kappa shape index (κ3) is 13.8. The number of halogens is 2. The minimum atomic E-state index is 0.353. The Morgan fingerprint density at radius 1 is 0.590 bits per heavy atom. The monoisotopic (exact) mass is 1110 g/mol. The van der Waals surface area contributed by atoms with Gasteiger partial charge in [-0.2, -0.15) is 0 Å². The van der Waals surface area contributed by atoms with E-state index in [1.54, 1.807) is 7.11 Å². The topological polar surface area (TPSA) is 94.8 Å². The Morgan fingerprint density at radius 2 is 1.15 bits per heavy atom. The van der Waals surface area contributed by atoms with E-state index in [0.29, 0.717) is 11.1 Å². The summed E-state index contributed by atoms with van der Waals surface area (Å²) in [7, 11) is 5.92. The Morgan fingerprint density at radius 3 is 1.82 bits per heavy atom. The highest BCUT2D eigenvalue weighted by molar-refractivity contribution is 8.00. The Bertz CT molecular complexity index is 3510. The molecule has 10 aromatic rings. The van der Waals surface area contributed by atoms with E-state index >= 15 is 0 Å². The van der Waals surface area contributed by atoms with Gasteiger partial charge in [0.1, 0.15) is 5.75 Å². The number of fused-ring (bicyclic) bond motifs is 8. The summed E-state index contributed by atoms with van der Waals surface area (Å²) >= 11 is 16.1. The van der Waals surface area contributed by atoms with E-state index < -0.39 is 0 Å². The number of hydrogen-bond acceptors (Lipinski definition) is 11. The van der Waals surface area contributed by atoms with E-state index in [1.807, 2.05) is 102 Å². The van der Waals surface area contributed by atoms with Gasteiger partial charge in [-0.25, -0.2) is 9.97 Å². The van der Waals surface area contributed by atoms with Gasteiger partial charge in [0.25, 0.3) is 0 Å². The number of para-hydroxylation sites is 5. The predicted octanol–water partition coefficient (Wildman–Crippen LogP) is 17.7. The summed E-state index contributed by atoms with van der Waals surface area (Å²) in [5.41, 5.74) is 16.7. The molecule has 400 valence electrons. The lowest BCUT2D eigenvalue weighted by Gasteiger charge is -2.33. The number of anilines is 6. The normalized spacial score (nSPS) is 12.5. The fourth-order valence-electron chi connectivity index (χ4n) is 9.70. The molecule has 0 amide bonds. The zero-order valence-corrected chi connectivity index (χ0v) is 48.4. The second-order valence-electron chi connectivity index (χ2n) is 19.5. The van der Waals surface area contributed by atoms with Gasteiger partial charge in [0.05, 0.1) is 63.3 Å². The number of hydrogen-bond donors (Lipinski definition) is 3. The molecular weight excluding hydrogens is 1040 g/mol. The number of ether oxygens (including phenoxy) is 1. The van der Waals surface area contributed by atoms with E-state index in [-0.39, 0.29) is 0 Å². The fourth-order valence-corrected chi connectivity index (χ4v) is 12.1. The Hall–Kier alpha value is -6.70. The van der Waals surface area contributed by atoms with Crippen LogP contribution in [0.4, 0.5) is 34.1 Å². The largest absolute Gasteiger partial charge is 0.497 e. The van der Waals surface area contributed by atoms with Crippen molar-refractivity contribution in [2.45, 2.75) is 65.7 Å². The molecule has 0 radical (unpaired) electrons. The average Bonchev–Trinajstić information content (AvgIpc) is 3.53. The molecule has 0 spiro atoms. The van der Waals surface area contributed by atoms with Crippen molar-refractivity contribution in [3.05, 3.63) is 186 Å². The van der Waals surface area contributed by atoms with E-state index in [9.17, 15) is 0 Å². The summed E-state index contributed by atoms with van der Waals surface area (Å²) in [4.78, 5) is 21.6. The van der Waals surface area contributed by atoms with Crippen LogP contribution >= 0.6 is 46.7 Å². The van der Waals surface area contributed by atoms with Gasteiger partial charge < -0.3 is 35.8 Å². The SMILES string of the molecule is CCN(CC)CCCC(C)Nc1c2ccc(Cl)cc2nc2ccc(OC)cc12.CN(C)CCCN1c2ccccc2Sc2ccc(Cl)cc21.Nc1c2ccccc2nc2ccccc12.c1ccc2c(c1)Nc1ccccc1S2. The molecule has 9 nitrogen and oxygen atoms in total. The number of methoxy groups -OCH3 is 1. The number of nitrogen functional groups attached to an aromatic ring is 1. The lowest BCUT2D eigenvalue weighted by Crippen LogP contribution is -2.25. The van der Waals surface area contributed by atoms with Crippen LogP contribution in [0, 0.1) is 0 Å². The van der Waals surface area contributed by atoms with Crippen LogP contribution in [0.25, 0.3) is 43.6 Å². The van der Waals surface area contributed by atoms with Crippen LogP contribution in [-0.4, -0.2) is 79.7 Å². The maximum absolute atomic E-state index is 6.22. The van der Waals surface area contributed by atoms with E-state index in [2.05, 4.69) is 162 Å². The second-order valence-corrected chi connectivity index (χ2v) is 22.6. The van der Waals surface area contributed by atoms with Gasteiger partial charge in [-0.15, -0.1) is 0 Å². The lowest BCUT2D eigenvalue weighted by molar-refractivity contribution is 0.295. The summed E-state index contributed by atoms with van der Waals surface area (Å²) in [5.74, 6) is 0.833. The first-order valence-electron chi connectivity index (χ1n) is 26.7. The maximum atomic E-state index is 6.22. The summed E-state index contributed by atoms with van der Waals surface area (Å²) in [5, 5.41) is 12.9. The minimum Gasteiger partial charge on any atom is -0.497 e. The lowest BCUT2D eigenvalue weighted by atomic mass is 10.1. The fraction of sp³-hybridized carbons (Fsp3) is 0.231. The number of nitrogens with two attached hydrogens (primary N) is 1. The number of nitrogens with one attached hydrogen (secondary N) is 2. The standard InChI is InChI=1S/C23H30ClN3O.C17H19ClN2S.C13H10N2.C12H9NS/c1-5-27(6-2)13-7-8-16(3)25-23-19-11-9-17(24)14-22(19)26-21-12-10-18(28-4)15-20(21)23;1-19(2)10-5-11-20-14-6-3-4-7-16(14)21-17-9-8-13(18)12-15(17)20;14-13-9-5-1-3-7-11(9)15-12-8-4-2-6-10(12)13;1-3-7-11-9(5-1)13-10-6-2-4-8-12(10)14-11/h9-12,14-16H,5-8,13H2,1-4H3,(H,25,26);3-4,6-9,12H,5,10-11H2,1-2H3;1-8H,(H2,14,15);1-8,13H. The zero-order valence-electron chi connectivity index (χ0n) is 45.3. The highest BCUT2D eigenvalue weighted by atomic mass is 35.5. The van der Waals surface area contributed by atoms with Crippen LogP contribution in [0.15, 0.2) is 196 Å². The maximum Gasteiger partial charge on any atom is 0.119 e. The summed E-state index contributed by atoms with van der Waals surface area (Å²) in [6, 6.07) is 59.7. The minimum absolute atomic E-state index is 0.353. The molecule has 4 heterocycles. The molecule has 0 aliphatic carbocycles. The third-order valence-corrected chi connectivity index (χ3v) is 16.6. The Labute approximate surface area is 478 Å². The van der Waals surface area contributed by atoms with Crippen LogP contribution < -0.4 is 26.0 Å². The van der Waals surface area contributed by atoms with Crippen molar-refractivity contribution < 1.29 is 4.74 Å². The molecule has 0 saturated heterocycles. The van der Waals surface area contributed by atoms with Crippen molar-refractivity contribution in [2.75, 3.05) is 75.2 Å². The summed E-state index contributed by atoms with van der Waals surface area (Å²) in [6.07, 6.45) is 3.41. The highest BCUT2D eigenvalue weighted by Crippen LogP contribution is 2.49. The Kier molecular flexibility index (Phi) is 19.2. The van der Waals surface area contributed by atoms with Crippen LogP contribution in [0.5, 0.6) is 5.75 Å². The third-order valence-electron chi connectivity index (χ3n) is 13.8. The molecule has 0 fully saturated rings. The van der Waals surface area contributed by atoms with Gasteiger partial charge in [-0.1, -0.05) is 133 Å². The first-order chi connectivity index (χ1) is 38.0. The number of benzene rings is 8. The molecule has 1 unspecified atom stereocenters. The van der Waals surface area contributed by atoms with Crippen LogP contribution in [0.2, 0.25) is 10.0 Å². The Balaban J connectivity index is 0.000000131. The van der Waals surface area contributed by atoms with Crippen LogP contribution in [0.3, 0.4) is 0 Å². The quantitative estimate of drug-likeness (QED) is 0.0964. The van der Waals surface area contributed by atoms with Crippen molar-refractivity contribution >= 4 is 124 Å². The zero-order chi connectivity index (χ0) is 54.5. The molecule has 13 heteroatoms. The van der Waals surface area contributed by atoms with Crippen molar-refractivity contribution in [3.8, 4) is 5.75 Å². The van der Waals surface area contributed by atoms with Crippen molar-refractivity contribution in [3.63, 3.8) is 0 Å². The molecule has 2 aliphatic rings. The number of nitrogens with zero attached hydrogens (tertiary/aromatic N) is 5. The molecular formula is C65H68Cl2N8OS2. The summed E-state index contributed by atoms with van der Waals surface area (Å²) in [6.45, 7) is 12.1. The number of aromatic nitrogens is 2. The molecule has 8 aromatic carbocycles. The van der Waals surface area contributed by atoms with E-state index in [4.69, 9.17) is 38.7 Å². The molecule has 0 bridgehead atoms. The first kappa shape index (κ1) is 56.0. The van der Waals surface area contributed by atoms with Gasteiger partial charge in [-0.05, 0) is 170 Å². The average molecular weight is 1110 g/mol. The van der Waals surface area contributed by atoms with Gasteiger partial charge in [0.2, 0.25) is 0 Å². The molecule has 0 saturated carbocycles. The van der Waals surface area contributed by atoms with E-state index in [1.165, 1.54) is 48.8 Å². The molecule has 78 heavy (non-hydrogen) atoms.